The predicted octanol–water partition coefficient (Wildman–Crippen LogP) is 6.60. The summed E-state index contributed by atoms with van der Waals surface area (Å²) in [5.41, 5.74) is -0.0551. The lowest BCUT2D eigenvalue weighted by Gasteiger charge is -2.07. The normalized spacial score (nSPS) is 12.5. The minimum atomic E-state index is -4.45. The summed E-state index contributed by atoms with van der Waals surface area (Å²) in [6.45, 7) is 2.85. The van der Waals surface area contributed by atoms with Gasteiger partial charge in [-0.25, -0.2) is 0 Å². The quantitative estimate of drug-likeness (QED) is 0.197. The lowest BCUT2D eigenvalue weighted by atomic mass is 10.1. The number of unbranched alkanes of at least 4 members (excludes halogenated alkanes) is 3. The number of hydrogen-bond donors (Lipinski definition) is 0. The predicted molar refractivity (Wildman–Crippen MR) is 140 cm³/mol. The molecule has 0 aliphatic rings. The maximum atomic E-state index is 13.0. The summed E-state index contributed by atoms with van der Waals surface area (Å²) in [6, 6.07) is 15.5. The van der Waals surface area contributed by atoms with Crippen LogP contribution >= 0.6 is 11.3 Å². The Labute approximate surface area is 220 Å². The average molecular weight is 540 g/mol. The summed E-state index contributed by atoms with van der Waals surface area (Å²) in [5.74, 6) is 1.81. The Balaban J connectivity index is 1.33. The first-order valence-electron chi connectivity index (χ1n) is 12.2. The van der Waals surface area contributed by atoms with Crippen LogP contribution < -0.4 is 14.8 Å². The van der Waals surface area contributed by atoms with E-state index in [1.165, 1.54) is 35.6 Å². The summed E-state index contributed by atoms with van der Waals surface area (Å²) in [5, 5.41) is 4.36. The van der Waals surface area contributed by atoms with E-state index in [-0.39, 0.29) is 11.3 Å². The molecule has 0 aliphatic carbocycles. The maximum absolute atomic E-state index is 13.0. The van der Waals surface area contributed by atoms with Gasteiger partial charge in [0.05, 0.1) is 12.2 Å². The second-order valence-corrected chi connectivity index (χ2v) is 9.77. The van der Waals surface area contributed by atoms with E-state index in [0.717, 1.165) is 47.6 Å². The first-order valence-corrected chi connectivity index (χ1v) is 13.1. The molecular weight excluding hydrogens is 515 g/mol. The highest BCUT2D eigenvalue weighted by Crippen LogP contribution is 2.32. The molecule has 0 saturated carbocycles. The van der Waals surface area contributed by atoms with Crippen molar-refractivity contribution in [3.8, 4) is 28.5 Å². The number of ether oxygens (including phenoxy) is 1. The number of hydrogen-bond acceptors (Lipinski definition) is 6. The van der Waals surface area contributed by atoms with Gasteiger partial charge in [-0.15, -0.1) is 5.10 Å². The third kappa shape index (κ3) is 5.65. The van der Waals surface area contributed by atoms with E-state index in [1.54, 1.807) is 12.1 Å². The van der Waals surface area contributed by atoms with Gasteiger partial charge in [0.25, 0.3) is 5.56 Å². The number of halogens is 3. The van der Waals surface area contributed by atoms with Gasteiger partial charge >= 0.3 is 6.18 Å². The Bertz CT molecular complexity index is 1650. The van der Waals surface area contributed by atoms with Gasteiger partial charge < -0.3 is 9.15 Å². The van der Waals surface area contributed by atoms with Crippen molar-refractivity contribution in [1.82, 2.24) is 14.6 Å². The Morgan fingerprint density at radius 3 is 2.58 bits per heavy atom. The molecule has 0 fully saturated rings. The number of alkyl halides is 3. The van der Waals surface area contributed by atoms with Gasteiger partial charge in [-0.1, -0.05) is 49.7 Å². The molecule has 6 nitrogen and oxygen atoms in total. The lowest BCUT2D eigenvalue weighted by Crippen LogP contribution is -2.23. The molecule has 2 aromatic carbocycles. The van der Waals surface area contributed by atoms with Gasteiger partial charge in [0, 0.05) is 17.2 Å². The van der Waals surface area contributed by atoms with Crippen molar-refractivity contribution in [2.45, 2.75) is 38.8 Å². The summed E-state index contributed by atoms with van der Waals surface area (Å²) in [4.78, 5) is 17.8. The fourth-order valence-corrected chi connectivity index (χ4v) is 4.83. The molecule has 0 bridgehead atoms. The number of thiazole rings is 1. The van der Waals surface area contributed by atoms with E-state index < -0.39 is 11.7 Å². The summed E-state index contributed by atoms with van der Waals surface area (Å²) in [6.07, 6.45) is 1.64. The Kier molecular flexibility index (Phi) is 7.33. The van der Waals surface area contributed by atoms with Crippen molar-refractivity contribution in [1.29, 1.82) is 0 Å². The zero-order valence-electron chi connectivity index (χ0n) is 20.5. The molecular formula is C28H24F3N3O3S. The number of rotatable bonds is 9. The van der Waals surface area contributed by atoms with E-state index in [2.05, 4.69) is 17.0 Å². The third-order valence-corrected chi connectivity index (χ3v) is 6.89. The number of benzene rings is 2. The minimum absolute atomic E-state index is 0.268. The fourth-order valence-electron chi connectivity index (χ4n) is 3.94. The van der Waals surface area contributed by atoms with Crippen LogP contribution in [-0.4, -0.2) is 21.2 Å². The van der Waals surface area contributed by atoms with Gasteiger partial charge in [0.1, 0.15) is 21.8 Å². The first-order chi connectivity index (χ1) is 18.3. The third-order valence-electron chi connectivity index (χ3n) is 5.94. The van der Waals surface area contributed by atoms with Crippen LogP contribution in [0.3, 0.4) is 0 Å². The van der Waals surface area contributed by atoms with E-state index in [1.807, 2.05) is 24.3 Å². The molecule has 0 spiro atoms. The van der Waals surface area contributed by atoms with E-state index in [0.29, 0.717) is 33.2 Å². The zero-order valence-corrected chi connectivity index (χ0v) is 21.3. The molecule has 0 saturated heterocycles. The van der Waals surface area contributed by atoms with Crippen molar-refractivity contribution in [2.75, 3.05) is 6.61 Å². The SMILES string of the molecule is CCCCCCOc1ccc(-c2nc3s/c(=C/c4ccc(-c5cccc(C(F)(F)F)c5)o4)c(=O)n3n2)cc1. The molecule has 196 valence electrons. The molecule has 0 radical (unpaired) electrons. The number of furan rings is 1. The minimum Gasteiger partial charge on any atom is -0.494 e. The highest BCUT2D eigenvalue weighted by atomic mass is 32.1. The van der Waals surface area contributed by atoms with Crippen molar-refractivity contribution in [3.05, 3.63) is 86.9 Å². The fraction of sp³-hybridized carbons (Fsp3) is 0.250. The van der Waals surface area contributed by atoms with Crippen LogP contribution in [0.2, 0.25) is 0 Å². The molecule has 0 aliphatic heterocycles. The Morgan fingerprint density at radius 1 is 1.03 bits per heavy atom. The van der Waals surface area contributed by atoms with Gasteiger partial charge in [-0.05, 0) is 55.0 Å². The second-order valence-electron chi connectivity index (χ2n) is 8.76. The molecule has 5 rings (SSSR count). The van der Waals surface area contributed by atoms with Crippen LogP contribution in [0.25, 0.3) is 33.7 Å². The number of aromatic nitrogens is 3. The van der Waals surface area contributed by atoms with Crippen molar-refractivity contribution in [2.24, 2.45) is 0 Å². The van der Waals surface area contributed by atoms with Crippen molar-refractivity contribution < 1.29 is 22.3 Å². The zero-order chi connectivity index (χ0) is 26.7. The number of nitrogens with zero attached hydrogens (tertiary/aromatic N) is 3. The second kappa shape index (κ2) is 10.8. The average Bonchev–Trinajstić information content (AvgIpc) is 3.61. The molecule has 3 aromatic heterocycles. The molecule has 10 heteroatoms. The van der Waals surface area contributed by atoms with Crippen molar-refractivity contribution >= 4 is 22.4 Å². The smallest absolute Gasteiger partial charge is 0.416 e. The lowest BCUT2D eigenvalue weighted by molar-refractivity contribution is -0.137. The maximum Gasteiger partial charge on any atom is 0.416 e. The highest BCUT2D eigenvalue weighted by molar-refractivity contribution is 7.15. The summed E-state index contributed by atoms with van der Waals surface area (Å²) < 4.78 is 52.2. The Morgan fingerprint density at radius 2 is 1.84 bits per heavy atom. The van der Waals surface area contributed by atoms with Gasteiger partial charge in [-0.2, -0.15) is 22.7 Å². The van der Waals surface area contributed by atoms with E-state index in [4.69, 9.17) is 9.15 Å². The van der Waals surface area contributed by atoms with Gasteiger partial charge in [-0.3, -0.25) is 4.79 Å². The summed E-state index contributed by atoms with van der Waals surface area (Å²) >= 11 is 1.15. The molecule has 5 aromatic rings. The molecule has 0 N–H and O–H groups in total. The monoisotopic (exact) mass is 539 g/mol. The largest absolute Gasteiger partial charge is 0.494 e. The summed E-state index contributed by atoms with van der Waals surface area (Å²) in [7, 11) is 0. The van der Waals surface area contributed by atoms with Crippen LogP contribution in [0.5, 0.6) is 5.75 Å². The number of fused-ring (bicyclic) bond motifs is 1. The standard InChI is InChI=1S/C28H24F3N3O3S/c1-2-3-4-5-15-36-21-11-9-18(10-12-21)25-32-27-34(33-25)26(35)24(38-27)17-22-13-14-23(37-22)19-7-6-8-20(16-19)28(29,30)31/h6-14,16-17H,2-5,15H2,1H3/b24-17+. The van der Waals surface area contributed by atoms with Crippen molar-refractivity contribution in [3.63, 3.8) is 0 Å². The molecule has 38 heavy (non-hydrogen) atoms. The molecule has 0 amide bonds. The van der Waals surface area contributed by atoms with Gasteiger partial charge in [0.15, 0.2) is 5.82 Å². The van der Waals surface area contributed by atoms with E-state index >= 15 is 0 Å². The van der Waals surface area contributed by atoms with Crippen LogP contribution in [-0.2, 0) is 6.18 Å². The molecule has 3 heterocycles. The topological polar surface area (TPSA) is 69.6 Å². The highest BCUT2D eigenvalue weighted by Gasteiger charge is 2.30. The molecule has 0 unspecified atom stereocenters. The van der Waals surface area contributed by atoms with E-state index in [9.17, 15) is 18.0 Å². The Hall–Kier alpha value is -3.92. The van der Waals surface area contributed by atoms with Gasteiger partial charge in [0.2, 0.25) is 4.96 Å². The van der Waals surface area contributed by atoms with Crippen LogP contribution in [0.4, 0.5) is 13.2 Å². The van der Waals surface area contributed by atoms with Crippen LogP contribution in [0.1, 0.15) is 43.9 Å². The first kappa shape index (κ1) is 25.7. The molecule has 0 atom stereocenters. The van der Waals surface area contributed by atoms with Crippen LogP contribution in [0, 0.1) is 0 Å². The van der Waals surface area contributed by atoms with Crippen LogP contribution in [0.15, 0.2) is 69.9 Å².